The van der Waals surface area contributed by atoms with Crippen LogP contribution in [0.25, 0.3) is 0 Å². The van der Waals surface area contributed by atoms with Crippen LogP contribution in [0.2, 0.25) is 0 Å². The summed E-state index contributed by atoms with van der Waals surface area (Å²) in [6.07, 6.45) is 18.6. The molecule has 0 N–H and O–H groups in total. The minimum Gasteiger partial charge on any atom is -0.489 e. The number of aliphatic imine (C=N–C) groups is 1. The first-order chi connectivity index (χ1) is 15.7. The van der Waals surface area contributed by atoms with Crippen LogP contribution in [0.5, 0.6) is 5.75 Å². The Labute approximate surface area is 197 Å². The molecule has 0 unspecified atom stereocenters. The van der Waals surface area contributed by atoms with Crippen LogP contribution in [-0.4, -0.2) is 12.8 Å². The average molecular weight is 436 g/mol. The molecule has 176 valence electrons. The van der Waals surface area contributed by atoms with Gasteiger partial charge in [0.1, 0.15) is 12.4 Å². The maximum absolute atomic E-state index is 5.94. The van der Waals surface area contributed by atoms with E-state index in [2.05, 4.69) is 56.1 Å². The van der Waals surface area contributed by atoms with Crippen molar-refractivity contribution >= 4 is 6.21 Å². The SMILES string of the molecule is CCCCCCCCCCCCCC/N=C/c1ccc(OCc2cc(C)cc(C)c2)cc1. The quantitative estimate of drug-likeness (QED) is 0.179. The zero-order chi connectivity index (χ0) is 22.9. The van der Waals surface area contributed by atoms with Crippen molar-refractivity contribution in [2.75, 3.05) is 6.54 Å². The molecular weight excluding hydrogens is 390 g/mol. The molecular formula is C30H45NO. The number of aryl methyl sites for hydroxylation is 2. The van der Waals surface area contributed by atoms with Crippen LogP contribution in [0.3, 0.4) is 0 Å². The molecule has 0 aliphatic carbocycles. The molecule has 2 heteroatoms. The Morgan fingerprint density at radius 3 is 1.78 bits per heavy atom. The zero-order valence-corrected chi connectivity index (χ0v) is 20.9. The molecule has 0 saturated heterocycles. The van der Waals surface area contributed by atoms with Gasteiger partial charge in [0.15, 0.2) is 0 Å². The zero-order valence-electron chi connectivity index (χ0n) is 20.9. The van der Waals surface area contributed by atoms with Crippen LogP contribution in [0, 0.1) is 13.8 Å². The molecule has 2 nitrogen and oxygen atoms in total. The number of nitrogens with zero attached hydrogens (tertiary/aromatic N) is 1. The predicted octanol–water partition coefficient (Wildman–Crippen LogP) is 9.00. The summed E-state index contributed by atoms with van der Waals surface area (Å²) in [5, 5.41) is 0. The number of rotatable bonds is 17. The Balaban J connectivity index is 1.50. The van der Waals surface area contributed by atoms with Gasteiger partial charge in [0, 0.05) is 12.8 Å². The number of unbranched alkanes of at least 4 members (excludes halogenated alkanes) is 11. The van der Waals surface area contributed by atoms with Gasteiger partial charge in [0.05, 0.1) is 0 Å². The van der Waals surface area contributed by atoms with Crippen LogP contribution in [0.1, 0.15) is 106 Å². The second-order valence-electron chi connectivity index (χ2n) is 9.28. The van der Waals surface area contributed by atoms with E-state index in [-0.39, 0.29) is 0 Å². The smallest absolute Gasteiger partial charge is 0.119 e. The van der Waals surface area contributed by atoms with Crippen molar-refractivity contribution < 1.29 is 4.74 Å². The average Bonchev–Trinajstić information content (AvgIpc) is 2.78. The number of benzene rings is 2. The third-order valence-corrected chi connectivity index (χ3v) is 5.95. The molecule has 32 heavy (non-hydrogen) atoms. The van der Waals surface area contributed by atoms with E-state index in [4.69, 9.17) is 4.74 Å². The maximum atomic E-state index is 5.94. The van der Waals surface area contributed by atoms with Crippen LogP contribution >= 0.6 is 0 Å². The molecule has 2 aromatic carbocycles. The highest BCUT2D eigenvalue weighted by Gasteiger charge is 1.99. The summed E-state index contributed by atoms with van der Waals surface area (Å²) in [7, 11) is 0. The lowest BCUT2D eigenvalue weighted by Crippen LogP contribution is -1.97. The molecule has 0 amide bonds. The Morgan fingerprint density at radius 1 is 0.688 bits per heavy atom. The van der Waals surface area contributed by atoms with Gasteiger partial charge in [0.2, 0.25) is 0 Å². The molecule has 2 rings (SSSR count). The van der Waals surface area contributed by atoms with E-state index in [0.717, 1.165) is 17.9 Å². The first kappa shape index (κ1) is 26.2. The highest BCUT2D eigenvalue weighted by Crippen LogP contribution is 2.16. The topological polar surface area (TPSA) is 21.6 Å². The summed E-state index contributed by atoms with van der Waals surface area (Å²) in [4.78, 5) is 4.60. The lowest BCUT2D eigenvalue weighted by molar-refractivity contribution is 0.306. The summed E-state index contributed by atoms with van der Waals surface area (Å²) in [6.45, 7) is 8.08. The van der Waals surface area contributed by atoms with Gasteiger partial charge in [-0.3, -0.25) is 4.99 Å². The van der Waals surface area contributed by atoms with E-state index in [1.54, 1.807) is 0 Å². The third-order valence-electron chi connectivity index (χ3n) is 5.95. The minimum absolute atomic E-state index is 0.606. The first-order valence-corrected chi connectivity index (χ1v) is 13.0. The van der Waals surface area contributed by atoms with Crippen molar-refractivity contribution in [1.29, 1.82) is 0 Å². The Morgan fingerprint density at radius 2 is 1.22 bits per heavy atom. The molecule has 0 spiro atoms. The lowest BCUT2D eigenvalue weighted by Gasteiger charge is -2.08. The van der Waals surface area contributed by atoms with Gasteiger partial charge in [0.25, 0.3) is 0 Å². The number of hydrogen-bond acceptors (Lipinski definition) is 2. The molecule has 0 heterocycles. The summed E-state index contributed by atoms with van der Waals surface area (Å²) in [5.41, 5.74) is 4.92. The van der Waals surface area contributed by atoms with E-state index in [9.17, 15) is 0 Å². The fraction of sp³-hybridized carbons (Fsp3) is 0.567. The number of ether oxygens (including phenoxy) is 1. The van der Waals surface area contributed by atoms with Crippen LogP contribution in [0.15, 0.2) is 47.5 Å². The minimum atomic E-state index is 0.606. The fourth-order valence-corrected chi connectivity index (χ4v) is 4.18. The van der Waals surface area contributed by atoms with Crippen molar-refractivity contribution in [3.63, 3.8) is 0 Å². The third kappa shape index (κ3) is 12.1. The highest BCUT2D eigenvalue weighted by atomic mass is 16.5. The lowest BCUT2D eigenvalue weighted by atomic mass is 10.1. The van der Waals surface area contributed by atoms with Crippen molar-refractivity contribution in [1.82, 2.24) is 0 Å². The standard InChI is InChI=1S/C30H45NO/c1-4-5-6-7-8-9-10-11-12-13-14-15-20-31-24-28-16-18-30(19-17-28)32-25-29-22-26(2)21-27(3)23-29/h16-19,21-24H,4-15,20,25H2,1-3H3/b31-24+. The molecule has 0 bridgehead atoms. The van der Waals surface area contributed by atoms with Crippen molar-refractivity contribution in [2.24, 2.45) is 4.99 Å². The van der Waals surface area contributed by atoms with Gasteiger partial charge in [-0.05, 0) is 55.7 Å². The van der Waals surface area contributed by atoms with E-state index in [1.807, 2.05) is 18.3 Å². The van der Waals surface area contributed by atoms with E-state index in [0.29, 0.717) is 6.61 Å². The Kier molecular flexibility index (Phi) is 13.5. The van der Waals surface area contributed by atoms with E-state index >= 15 is 0 Å². The molecule has 0 atom stereocenters. The largest absolute Gasteiger partial charge is 0.489 e. The molecule has 0 aliphatic rings. The maximum Gasteiger partial charge on any atom is 0.119 e. The van der Waals surface area contributed by atoms with Gasteiger partial charge < -0.3 is 4.74 Å². The van der Waals surface area contributed by atoms with Gasteiger partial charge in [-0.15, -0.1) is 0 Å². The van der Waals surface area contributed by atoms with Crippen molar-refractivity contribution in [2.45, 2.75) is 104 Å². The summed E-state index contributed by atoms with van der Waals surface area (Å²) in [6, 6.07) is 14.8. The molecule has 0 saturated carbocycles. The molecule has 0 fully saturated rings. The predicted molar refractivity (Wildman–Crippen MR) is 140 cm³/mol. The molecule has 2 aromatic rings. The van der Waals surface area contributed by atoms with Crippen LogP contribution < -0.4 is 4.74 Å². The second kappa shape index (κ2) is 16.5. The highest BCUT2D eigenvalue weighted by molar-refractivity contribution is 5.79. The fourth-order valence-electron chi connectivity index (χ4n) is 4.18. The van der Waals surface area contributed by atoms with Crippen LogP contribution in [0.4, 0.5) is 0 Å². The van der Waals surface area contributed by atoms with Crippen molar-refractivity contribution in [3.05, 3.63) is 64.7 Å². The summed E-state index contributed by atoms with van der Waals surface area (Å²) >= 11 is 0. The van der Waals surface area contributed by atoms with Crippen molar-refractivity contribution in [3.8, 4) is 5.75 Å². The normalized spacial score (nSPS) is 11.3. The van der Waals surface area contributed by atoms with Gasteiger partial charge in [-0.2, -0.15) is 0 Å². The monoisotopic (exact) mass is 435 g/mol. The van der Waals surface area contributed by atoms with E-state index < -0.39 is 0 Å². The van der Waals surface area contributed by atoms with E-state index in [1.165, 1.54) is 93.7 Å². The Hall–Kier alpha value is -2.09. The number of hydrogen-bond donors (Lipinski definition) is 0. The van der Waals surface area contributed by atoms with Crippen LogP contribution in [-0.2, 0) is 6.61 Å². The Bertz CT molecular complexity index is 743. The second-order valence-corrected chi connectivity index (χ2v) is 9.28. The van der Waals surface area contributed by atoms with Gasteiger partial charge >= 0.3 is 0 Å². The summed E-state index contributed by atoms with van der Waals surface area (Å²) < 4.78 is 5.94. The first-order valence-electron chi connectivity index (χ1n) is 13.0. The van der Waals surface area contributed by atoms with Gasteiger partial charge in [-0.25, -0.2) is 0 Å². The molecule has 0 radical (unpaired) electrons. The van der Waals surface area contributed by atoms with Gasteiger partial charge in [-0.1, -0.05) is 107 Å². The summed E-state index contributed by atoms with van der Waals surface area (Å²) in [5.74, 6) is 0.905. The molecule has 0 aliphatic heterocycles. The molecule has 0 aromatic heterocycles.